The van der Waals surface area contributed by atoms with E-state index in [0.29, 0.717) is 24.5 Å². The quantitative estimate of drug-likeness (QED) is 0.521. The summed E-state index contributed by atoms with van der Waals surface area (Å²) >= 11 is 0. The molecule has 1 heterocycles. The Labute approximate surface area is 172 Å². The molecule has 0 bridgehead atoms. The first kappa shape index (κ1) is 20.9. The minimum Gasteiger partial charge on any atom is -0.493 e. The zero-order valence-corrected chi connectivity index (χ0v) is 17.0. The summed E-state index contributed by atoms with van der Waals surface area (Å²) in [5, 5.41) is 4.08. The molecule has 1 aliphatic rings. The van der Waals surface area contributed by atoms with E-state index in [0.717, 1.165) is 30.8 Å². The zero-order chi connectivity index (χ0) is 20.3. The van der Waals surface area contributed by atoms with Gasteiger partial charge < -0.3 is 14.4 Å². The molecular formula is C23H29N3O3. The lowest BCUT2D eigenvalue weighted by molar-refractivity contribution is -0.121. The Balaban J connectivity index is 1.50. The molecule has 2 aromatic rings. The van der Waals surface area contributed by atoms with Crippen molar-refractivity contribution in [2.45, 2.75) is 32.3 Å². The van der Waals surface area contributed by atoms with Crippen LogP contribution in [0, 0.1) is 0 Å². The highest BCUT2D eigenvalue weighted by atomic mass is 16.5. The Kier molecular flexibility index (Phi) is 8.07. The lowest BCUT2D eigenvalue weighted by Gasteiger charge is -2.25. The van der Waals surface area contributed by atoms with Crippen molar-refractivity contribution in [1.82, 2.24) is 10.3 Å². The molecule has 2 aromatic carbocycles. The second kappa shape index (κ2) is 11.2. The zero-order valence-electron chi connectivity index (χ0n) is 17.0. The van der Waals surface area contributed by atoms with Gasteiger partial charge in [0.2, 0.25) is 5.91 Å². The van der Waals surface area contributed by atoms with Crippen molar-refractivity contribution in [1.29, 1.82) is 0 Å². The molecule has 6 heteroatoms. The Morgan fingerprint density at radius 3 is 2.66 bits per heavy atom. The third-order valence-corrected chi connectivity index (χ3v) is 4.93. The maximum absolute atomic E-state index is 12.0. The van der Waals surface area contributed by atoms with Gasteiger partial charge in [0.25, 0.3) is 0 Å². The van der Waals surface area contributed by atoms with Gasteiger partial charge in [0.05, 0.1) is 13.3 Å². The number of methoxy groups -OCH3 is 1. The summed E-state index contributed by atoms with van der Waals surface area (Å²) in [4.78, 5) is 14.3. The lowest BCUT2D eigenvalue weighted by atomic mass is 10.1. The van der Waals surface area contributed by atoms with Crippen molar-refractivity contribution in [2.75, 3.05) is 26.7 Å². The molecule has 3 rings (SSSR count). The average Bonchev–Trinajstić information content (AvgIpc) is 2.78. The van der Waals surface area contributed by atoms with Crippen molar-refractivity contribution in [2.24, 2.45) is 5.10 Å². The van der Waals surface area contributed by atoms with Crippen LogP contribution in [0.5, 0.6) is 11.5 Å². The summed E-state index contributed by atoms with van der Waals surface area (Å²) in [6.45, 7) is 3.43. The second-order valence-corrected chi connectivity index (χ2v) is 7.13. The van der Waals surface area contributed by atoms with E-state index in [2.05, 4.69) is 15.4 Å². The molecule has 0 unspecified atom stereocenters. The number of benzene rings is 2. The summed E-state index contributed by atoms with van der Waals surface area (Å²) in [5.41, 5.74) is 4.51. The van der Waals surface area contributed by atoms with Crippen molar-refractivity contribution < 1.29 is 14.3 Å². The Bertz CT molecular complexity index is 802. The minimum atomic E-state index is -0.0686. The van der Waals surface area contributed by atoms with E-state index in [1.807, 2.05) is 48.5 Å². The van der Waals surface area contributed by atoms with Gasteiger partial charge in [0, 0.05) is 13.0 Å². The molecule has 6 nitrogen and oxygen atoms in total. The van der Waals surface area contributed by atoms with Crippen LogP contribution < -0.4 is 14.9 Å². The van der Waals surface area contributed by atoms with Crippen LogP contribution in [0.4, 0.5) is 0 Å². The van der Waals surface area contributed by atoms with E-state index in [1.165, 1.54) is 19.3 Å². The Morgan fingerprint density at radius 1 is 1.10 bits per heavy atom. The van der Waals surface area contributed by atoms with Crippen molar-refractivity contribution in [3.05, 3.63) is 59.7 Å². The van der Waals surface area contributed by atoms with Gasteiger partial charge in [-0.3, -0.25) is 4.79 Å². The fourth-order valence-corrected chi connectivity index (χ4v) is 3.30. The second-order valence-electron chi connectivity index (χ2n) is 7.13. The molecule has 1 amide bonds. The van der Waals surface area contributed by atoms with Gasteiger partial charge in [0.15, 0.2) is 11.5 Å². The van der Waals surface area contributed by atoms with E-state index in [1.54, 1.807) is 13.3 Å². The van der Waals surface area contributed by atoms with Gasteiger partial charge in [-0.1, -0.05) is 36.8 Å². The van der Waals surface area contributed by atoms with E-state index in [4.69, 9.17) is 9.47 Å². The Morgan fingerprint density at radius 2 is 1.90 bits per heavy atom. The number of hydrazone groups is 1. The molecule has 0 spiro atoms. The number of amides is 1. The van der Waals surface area contributed by atoms with Gasteiger partial charge in [-0.15, -0.1) is 0 Å². The SMILES string of the molecule is COc1ccc(/C=N/NC(=O)CCN2CCCCC2)cc1OCc1ccccc1. The van der Waals surface area contributed by atoms with Crippen LogP contribution in [0.25, 0.3) is 0 Å². The predicted molar refractivity (Wildman–Crippen MR) is 114 cm³/mol. The number of hydrogen-bond donors (Lipinski definition) is 1. The molecule has 1 aliphatic heterocycles. The fourth-order valence-electron chi connectivity index (χ4n) is 3.30. The average molecular weight is 396 g/mol. The number of carbonyl (C=O) groups is 1. The highest BCUT2D eigenvalue weighted by Gasteiger charge is 2.11. The minimum absolute atomic E-state index is 0.0686. The molecule has 0 atom stereocenters. The van der Waals surface area contributed by atoms with Crippen LogP contribution in [0.3, 0.4) is 0 Å². The first-order valence-electron chi connectivity index (χ1n) is 10.1. The van der Waals surface area contributed by atoms with Crippen molar-refractivity contribution in [3.8, 4) is 11.5 Å². The number of ether oxygens (including phenoxy) is 2. The fraction of sp³-hybridized carbons (Fsp3) is 0.391. The van der Waals surface area contributed by atoms with Crippen LogP contribution in [0.1, 0.15) is 36.8 Å². The molecule has 29 heavy (non-hydrogen) atoms. The van der Waals surface area contributed by atoms with Gasteiger partial charge in [-0.2, -0.15) is 5.10 Å². The van der Waals surface area contributed by atoms with Crippen LogP contribution in [-0.2, 0) is 11.4 Å². The highest BCUT2D eigenvalue weighted by molar-refractivity contribution is 5.83. The molecule has 1 saturated heterocycles. The number of carbonyl (C=O) groups excluding carboxylic acids is 1. The number of hydrogen-bond acceptors (Lipinski definition) is 5. The number of nitrogens with zero attached hydrogens (tertiary/aromatic N) is 2. The largest absolute Gasteiger partial charge is 0.493 e. The highest BCUT2D eigenvalue weighted by Crippen LogP contribution is 2.28. The van der Waals surface area contributed by atoms with Crippen LogP contribution in [0.15, 0.2) is 53.6 Å². The standard InChI is InChI=1S/C23H29N3O3/c1-28-21-11-10-20(16-22(21)29-18-19-8-4-2-5-9-19)17-24-25-23(27)12-15-26-13-6-3-7-14-26/h2,4-5,8-11,16-17H,3,6-7,12-15,18H2,1H3,(H,25,27)/b24-17+. The summed E-state index contributed by atoms with van der Waals surface area (Å²) in [6, 6.07) is 15.5. The molecule has 1 fully saturated rings. The third kappa shape index (κ3) is 6.91. The first-order valence-corrected chi connectivity index (χ1v) is 10.1. The van der Waals surface area contributed by atoms with Crippen LogP contribution in [0.2, 0.25) is 0 Å². The molecule has 0 aliphatic carbocycles. The summed E-state index contributed by atoms with van der Waals surface area (Å²) in [5.74, 6) is 1.22. The van der Waals surface area contributed by atoms with E-state index < -0.39 is 0 Å². The van der Waals surface area contributed by atoms with E-state index in [9.17, 15) is 4.79 Å². The number of rotatable bonds is 9. The smallest absolute Gasteiger partial charge is 0.241 e. The number of piperidine rings is 1. The molecule has 0 aromatic heterocycles. The summed E-state index contributed by atoms with van der Waals surface area (Å²) in [7, 11) is 1.61. The van der Waals surface area contributed by atoms with Crippen molar-refractivity contribution in [3.63, 3.8) is 0 Å². The third-order valence-electron chi connectivity index (χ3n) is 4.93. The van der Waals surface area contributed by atoms with Crippen LogP contribution >= 0.6 is 0 Å². The lowest BCUT2D eigenvalue weighted by Crippen LogP contribution is -2.33. The molecular weight excluding hydrogens is 366 g/mol. The molecule has 154 valence electrons. The monoisotopic (exact) mass is 395 g/mol. The van der Waals surface area contributed by atoms with Crippen LogP contribution in [-0.4, -0.2) is 43.8 Å². The maximum atomic E-state index is 12.0. The van der Waals surface area contributed by atoms with E-state index >= 15 is 0 Å². The Hall–Kier alpha value is -2.86. The van der Waals surface area contributed by atoms with Gasteiger partial charge in [-0.25, -0.2) is 5.43 Å². The first-order chi connectivity index (χ1) is 14.2. The summed E-state index contributed by atoms with van der Waals surface area (Å²) in [6.07, 6.45) is 5.84. The van der Waals surface area contributed by atoms with Gasteiger partial charge in [-0.05, 0) is 55.3 Å². The predicted octanol–water partition coefficient (Wildman–Crippen LogP) is 3.60. The molecule has 1 N–H and O–H groups in total. The van der Waals surface area contributed by atoms with E-state index in [-0.39, 0.29) is 5.91 Å². The van der Waals surface area contributed by atoms with Crippen molar-refractivity contribution >= 4 is 12.1 Å². The van der Waals surface area contributed by atoms with Gasteiger partial charge >= 0.3 is 0 Å². The normalized spacial score (nSPS) is 14.7. The maximum Gasteiger partial charge on any atom is 0.241 e. The number of likely N-dealkylation sites (tertiary alicyclic amines) is 1. The number of nitrogens with one attached hydrogen (secondary N) is 1. The molecule has 0 saturated carbocycles. The topological polar surface area (TPSA) is 63.2 Å². The molecule has 0 radical (unpaired) electrons. The summed E-state index contributed by atoms with van der Waals surface area (Å²) < 4.78 is 11.3. The van der Waals surface area contributed by atoms with Gasteiger partial charge in [0.1, 0.15) is 6.61 Å².